The Labute approximate surface area is 90.8 Å². The van der Waals surface area contributed by atoms with Crippen molar-refractivity contribution in [2.45, 2.75) is 26.2 Å². The third-order valence-corrected chi connectivity index (χ3v) is 2.09. The van der Waals surface area contributed by atoms with Crippen LogP contribution in [0.2, 0.25) is 0 Å². The summed E-state index contributed by atoms with van der Waals surface area (Å²) in [5.41, 5.74) is 5.10. The number of unbranched alkanes of at least 4 members (excludes halogenated alkanes) is 1. The maximum Gasteiger partial charge on any atom is 0.248 e. The molecule has 0 aliphatic rings. The molecule has 6 nitrogen and oxygen atoms in total. The molecule has 6 heteroatoms. The lowest BCUT2D eigenvalue weighted by Crippen LogP contribution is -2.29. The summed E-state index contributed by atoms with van der Waals surface area (Å²) in [5, 5.41) is 2.63. The molecule has 0 aliphatic heterocycles. The van der Waals surface area contributed by atoms with E-state index in [1.165, 1.54) is 0 Å². The second-order valence-corrected chi connectivity index (χ2v) is 3.46. The van der Waals surface area contributed by atoms with Gasteiger partial charge >= 0.3 is 0 Å². The lowest BCUT2D eigenvalue weighted by molar-refractivity contribution is -0.126. The molecule has 0 aliphatic carbocycles. The average molecular weight is 219 g/mol. The second-order valence-electron chi connectivity index (χ2n) is 3.46. The molecule has 0 aromatic heterocycles. The van der Waals surface area contributed by atoms with Gasteiger partial charge in [-0.25, -0.2) is 5.90 Å². The second kappa shape index (κ2) is 8.19. The van der Waals surface area contributed by atoms with Crippen molar-refractivity contribution in [1.82, 2.24) is 5.32 Å². The highest BCUT2D eigenvalue weighted by molar-refractivity contribution is 5.77. The van der Waals surface area contributed by atoms with Crippen LogP contribution in [-0.4, -0.2) is 25.0 Å². The van der Waals surface area contributed by atoms with Crippen LogP contribution in [0.15, 0.2) is 0 Å². The Kier molecular flexibility index (Phi) is 7.57. The molecule has 1 unspecified atom stereocenters. The van der Waals surface area contributed by atoms with E-state index in [1.54, 1.807) is 6.92 Å². The Morgan fingerprint density at radius 1 is 1.47 bits per heavy atom. The van der Waals surface area contributed by atoms with Gasteiger partial charge in [0.2, 0.25) is 11.8 Å². The van der Waals surface area contributed by atoms with Crippen LogP contribution in [0, 0.1) is 5.92 Å². The maximum absolute atomic E-state index is 10.9. The molecule has 0 rings (SSSR count). The fourth-order valence-electron chi connectivity index (χ4n) is 1.07. The Bertz CT molecular complexity index is 214. The highest BCUT2D eigenvalue weighted by Gasteiger charge is 2.07. The Morgan fingerprint density at radius 3 is 2.67 bits per heavy atom. The van der Waals surface area contributed by atoms with Gasteiger partial charge in [-0.1, -0.05) is 13.3 Å². The van der Waals surface area contributed by atoms with Crippen molar-refractivity contribution >= 4 is 11.8 Å². The first-order chi connectivity index (χ1) is 7.07. The van der Waals surface area contributed by atoms with E-state index in [2.05, 4.69) is 10.2 Å². The van der Waals surface area contributed by atoms with Crippen molar-refractivity contribution in [3.05, 3.63) is 0 Å². The monoisotopic (exact) mass is 219 g/mol. The van der Waals surface area contributed by atoms with Crippen LogP contribution < -0.4 is 16.9 Å². The molecule has 0 saturated heterocycles. The predicted octanol–water partition coefficient (Wildman–Crippen LogP) is -0.469. The van der Waals surface area contributed by atoms with Crippen LogP contribution in [-0.2, 0) is 14.4 Å². The topological polar surface area (TPSA) is 107 Å². The average Bonchev–Trinajstić information content (AvgIpc) is 2.17. The number of primary amides is 1. The molecule has 1 atom stereocenters. The van der Waals surface area contributed by atoms with Crippen LogP contribution in [0.1, 0.15) is 27.6 Å². The maximum atomic E-state index is 10.9. The predicted molar refractivity (Wildman–Crippen MR) is 57.5 cm³/mol. The van der Waals surface area contributed by atoms with Gasteiger partial charge in [0.15, 0.2) is 0 Å². The van der Waals surface area contributed by atoms with E-state index in [1.807, 2.05) is 0 Å². The molecule has 0 heterocycles. The highest BCUT2D eigenvalue weighted by Crippen LogP contribution is 2.05. The molecule has 90 valence electrons. The molecule has 0 radical (unpaired) electrons. The van der Waals surface area contributed by atoms with Gasteiger partial charge in [-0.05, 0) is 12.8 Å². The molecule has 0 spiro atoms. The minimum absolute atomic E-state index is 0. The summed E-state index contributed by atoms with van der Waals surface area (Å²) in [6.07, 6.45) is 2.42. The van der Waals surface area contributed by atoms with Crippen molar-refractivity contribution in [2.24, 2.45) is 17.5 Å². The van der Waals surface area contributed by atoms with Crippen molar-refractivity contribution < 1.29 is 15.9 Å². The van der Waals surface area contributed by atoms with Crippen molar-refractivity contribution in [1.29, 1.82) is 0 Å². The largest absolute Gasteiger partial charge is 0.369 e. The minimum atomic E-state index is -0.282. The number of carbonyl (C=O) groups excluding carboxylic acids is 2. The van der Waals surface area contributed by atoms with Crippen LogP contribution in [0.4, 0.5) is 0 Å². The van der Waals surface area contributed by atoms with Crippen molar-refractivity contribution in [2.75, 3.05) is 13.2 Å². The minimum Gasteiger partial charge on any atom is -0.369 e. The first kappa shape index (κ1) is 13.9. The molecule has 5 N–H and O–H groups in total. The molecule has 2 amide bonds. The molecule has 0 aromatic carbocycles. The third kappa shape index (κ3) is 7.90. The Hall–Kier alpha value is -1.14. The smallest absolute Gasteiger partial charge is 0.248 e. The van der Waals surface area contributed by atoms with Crippen molar-refractivity contribution in [3.8, 4) is 0 Å². The van der Waals surface area contributed by atoms with E-state index in [-0.39, 0.29) is 25.8 Å². The summed E-state index contributed by atoms with van der Waals surface area (Å²) < 4.78 is 0. The van der Waals surface area contributed by atoms with Crippen LogP contribution in [0.25, 0.3) is 0 Å². The SMILES string of the molecule is CC(CCCCNC(=O)CON)C(N)=O.[HH]. The standard InChI is InChI=1S/C9H19N3O3.H2/c1-7(9(10)14)4-2-3-5-12-8(13)6-15-11;/h7H,2-6,11H2,1H3,(H2,10,14)(H,12,13);1H. The van der Waals surface area contributed by atoms with Gasteiger partial charge < -0.3 is 11.1 Å². The summed E-state index contributed by atoms with van der Waals surface area (Å²) in [6.45, 7) is 2.23. The zero-order chi connectivity index (χ0) is 11.7. The van der Waals surface area contributed by atoms with Gasteiger partial charge in [0, 0.05) is 13.9 Å². The zero-order valence-corrected chi connectivity index (χ0v) is 8.99. The van der Waals surface area contributed by atoms with Gasteiger partial charge in [-0.2, -0.15) is 0 Å². The quantitative estimate of drug-likeness (QED) is 0.379. The van der Waals surface area contributed by atoms with E-state index in [9.17, 15) is 9.59 Å². The number of rotatable bonds is 8. The summed E-state index contributed by atoms with van der Waals surface area (Å²) in [5.74, 6) is 4.10. The number of hydrogen-bond donors (Lipinski definition) is 3. The van der Waals surface area contributed by atoms with Gasteiger partial charge in [-0.15, -0.1) is 0 Å². The number of carbonyl (C=O) groups is 2. The number of amides is 2. The van der Waals surface area contributed by atoms with Crippen molar-refractivity contribution in [3.63, 3.8) is 0 Å². The lowest BCUT2D eigenvalue weighted by Gasteiger charge is -2.07. The lowest BCUT2D eigenvalue weighted by atomic mass is 10.0. The third-order valence-electron chi connectivity index (χ3n) is 2.09. The Morgan fingerprint density at radius 2 is 2.13 bits per heavy atom. The normalized spacial score (nSPS) is 12.1. The molecule has 0 aromatic rings. The van der Waals surface area contributed by atoms with E-state index in [0.717, 1.165) is 19.3 Å². The highest BCUT2D eigenvalue weighted by atomic mass is 16.6. The van der Waals surface area contributed by atoms with E-state index < -0.39 is 0 Å². The molecule has 0 saturated carbocycles. The fraction of sp³-hybridized carbons (Fsp3) is 0.778. The number of nitrogens with two attached hydrogens (primary N) is 2. The summed E-state index contributed by atoms with van der Waals surface area (Å²) in [7, 11) is 0. The summed E-state index contributed by atoms with van der Waals surface area (Å²) in [4.78, 5) is 25.7. The zero-order valence-electron chi connectivity index (χ0n) is 8.99. The summed E-state index contributed by atoms with van der Waals surface area (Å²) >= 11 is 0. The van der Waals surface area contributed by atoms with Crippen LogP contribution >= 0.6 is 0 Å². The summed E-state index contributed by atoms with van der Waals surface area (Å²) in [6, 6.07) is 0. The van der Waals surface area contributed by atoms with E-state index in [4.69, 9.17) is 11.6 Å². The van der Waals surface area contributed by atoms with Crippen LogP contribution in [0.3, 0.4) is 0 Å². The first-order valence-electron chi connectivity index (χ1n) is 4.95. The molecular formula is C9H21N3O3. The van der Waals surface area contributed by atoms with E-state index in [0.29, 0.717) is 6.54 Å². The Balaban J connectivity index is 0. The number of nitrogens with one attached hydrogen (secondary N) is 1. The van der Waals surface area contributed by atoms with Gasteiger partial charge in [-0.3, -0.25) is 14.4 Å². The fourth-order valence-corrected chi connectivity index (χ4v) is 1.07. The molecule has 0 fully saturated rings. The molecular weight excluding hydrogens is 198 g/mol. The first-order valence-corrected chi connectivity index (χ1v) is 4.95. The van der Waals surface area contributed by atoms with Gasteiger partial charge in [0.1, 0.15) is 6.61 Å². The van der Waals surface area contributed by atoms with Crippen LogP contribution in [0.5, 0.6) is 0 Å². The van der Waals surface area contributed by atoms with Gasteiger partial charge in [0.05, 0.1) is 0 Å². The van der Waals surface area contributed by atoms with E-state index >= 15 is 0 Å². The molecule has 0 bridgehead atoms. The number of hydrogen-bond acceptors (Lipinski definition) is 4. The molecule has 15 heavy (non-hydrogen) atoms. The van der Waals surface area contributed by atoms with Gasteiger partial charge in [0.25, 0.3) is 0 Å².